The van der Waals surface area contributed by atoms with Crippen LogP contribution in [0.25, 0.3) is 10.9 Å². The molecular formula is C17H20F3N5OS. The SMILES string of the molecule is COc1cc2ncnc(N3CC4(CC(N(CC(F)F)SN)C4)C3)c2cc1F. The maximum absolute atomic E-state index is 14.1. The van der Waals surface area contributed by atoms with Crippen LogP contribution in [0.5, 0.6) is 5.75 Å². The molecule has 2 N–H and O–H groups in total. The van der Waals surface area contributed by atoms with Crippen molar-refractivity contribution in [3.8, 4) is 5.75 Å². The van der Waals surface area contributed by atoms with E-state index < -0.39 is 12.2 Å². The Labute approximate surface area is 159 Å². The molecule has 0 amide bonds. The van der Waals surface area contributed by atoms with Gasteiger partial charge in [0.25, 0.3) is 6.43 Å². The fourth-order valence-electron chi connectivity index (χ4n) is 4.18. The van der Waals surface area contributed by atoms with Crippen molar-refractivity contribution in [2.75, 3.05) is 31.6 Å². The number of benzene rings is 1. The Bertz CT molecular complexity index is 841. The lowest BCUT2D eigenvalue weighted by atomic mass is 9.60. The summed E-state index contributed by atoms with van der Waals surface area (Å²) in [4.78, 5) is 10.6. The third kappa shape index (κ3) is 3.30. The predicted octanol–water partition coefficient (Wildman–Crippen LogP) is 2.84. The molecule has 0 radical (unpaired) electrons. The standard InChI is InChI=1S/C17H20F3N5OS/c1-26-14-3-13-11(2-12(14)18)16(23-9-22-13)24-7-17(8-24)4-10(5-17)25(27-21)6-15(19)20/h2-3,9-10,15H,4-8,21H2,1H3. The number of anilines is 1. The molecule has 0 atom stereocenters. The highest BCUT2D eigenvalue weighted by atomic mass is 32.2. The minimum atomic E-state index is -2.39. The Hall–Kier alpha value is -1.78. The van der Waals surface area contributed by atoms with Crippen LogP contribution < -0.4 is 14.8 Å². The topological polar surface area (TPSA) is 67.5 Å². The summed E-state index contributed by atoms with van der Waals surface area (Å²) in [7, 11) is 1.41. The molecule has 1 aliphatic heterocycles. The van der Waals surface area contributed by atoms with Crippen molar-refractivity contribution < 1.29 is 17.9 Å². The second-order valence-corrected chi connectivity index (χ2v) is 7.90. The summed E-state index contributed by atoms with van der Waals surface area (Å²) in [6.45, 7) is 1.21. The van der Waals surface area contributed by atoms with E-state index in [4.69, 9.17) is 9.88 Å². The zero-order valence-electron chi connectivity index (χ0n) is 14.7. The van der Waals surface area contributed by atoms with Crippen LogP contribution >= 0.6 is 12.1 Å². The van der Waals surface area contributed by atoms with Crippen molar-refractivity contribution in [2.45, 2.75) is 25.3 Å². The summed E-state index contributed by atoms with van der Waals surface area (Å²) in [6, 6.07) is 3.03. The number of halogens is 3. The quantitative estimate of drug-likeness (QED) is 0.749. The zero-order chi connectivity index (χ0) is 19.2. The number of alkyl halides is 2. The number of aromatic nitrogens is 2. The normalized spacial score (nSPS) is 19.0. The molecule has 10 heteroatoms. The van der Waals surface area contributed by atoms with Crippen LogP contribution in [0.2, 0.25) is 0 Å². The van der Waals surface area contributed by atoms with Crippen molar-refractivity contribution in [2.24, 2.45) is 10.6 Å². The molecule has 2 heterocycles. The highest BCUT2D eigenvalue weighted by molar-refractivity contribution is 7.94. The Morgan fingerprint density at radius 3 is 2.74 bits per heavy atom. The number of methoxy groups -OCH3 is 1. The van der Waals surface area contributed by atoms with E-state index in [1.54, 1.807) is 10.4 Å². The van der Waals surface area contributed by atoms with E-state index in [9.17, 15) is 13.2 Å². The van der Waals surface area contributed by atoms with Gasteiger partial charge >= 0.3 is 0 Å². The van der Waals surface area contributed by atoms with Crippen LogP contribution in [0.1, 0.15) is 12.8 Å². The number of hydrogen-bond acceptors (Lipinski definition) is 7. The number of fused-ring (bicyclic) bond motifs is 1. The van der Waals surface area contributed by atoms with Crippen LogP contribution in [0, 0.1) is 11.2 Å². The second-order valence-electron chi connectivity index (χ2n) is 7.22. The van der Waals surface area contributed by atoms with E-state index in [0.29, 0.717) is 16.7 Å². The lowest BCUT2D eigenvalue weighted by Gasteiger charge is -2.61. The highest BCUT2D eigenvalue weighted by Crippen LogP contribution is 2.52. The van der Waals surface area contributed by atoms with Gasteiger partial charge in [-0.1, -0.05) is 0 Å². The smallest absolute Gasteiger partial charge is 0.252 e. The van der Waals surface area contributed by atoms with Crippen molar-refractivity contribution in [3.63, 3.8) is 0 Å². The van der Waals surface area contributed by atoms with Crippen LogP contribution in [-0.4, -0.2) is 53.5 Å². The summed E-state index contributed by atoms with van der Waals surface area (Å²) in [6.07, 6.45) is 0.714. The first kappa shape index (κ1) is 18.6. The van der Waals surface area contributed by atoms with Crippen molar-refractivity contribution in [3.05, 3.63) is 24.3 Å². The van der Waals surface area contributed by atoms with E-state index in [1.807, 2.05) is 0 Å². The summed E-state index contributed by atoms with van der Waals surface area (Å²) in [5.74, 6) is 0.378. The molecule has 2 aromatic rings. The summed E-state index contributed by atoms with van der Waals surface area (Å²) >= 11 is 0.887. The van der Waals surface area contributed by atoms with Gasteiger partial charge in [-0.3, -0.25) is 5.14 Å². The first-order chi connectivity index (χ1) is 12.9. The molecule has 1 saturated heterocycles. The third-order valence-corrected chi connectivity index (χ3v) is 6.16. The molecule has 1 aliphatic carbocycles. The largest absolute Gasteiger partial charge is 0.494 e. The number of nitrogens with two attached hydrogens (primary N) is 1. The zero-order valence-corrected chi connectivity index (χ0v) is 15.6. The second kappa shape index (κ2) is 6.99. The Morgan fingerprint density at radius 2 is 2.11 bits per heavy atom. The average Bonchev–Trinajstić information content (AvgIpc) is 2.57. The minimum absolute atomic E-state index is 0.0694. The van der Waals surface area contributed by atoms with Gasteiger partial charge in [-0.2, -0.15) is 0 Å². The predicted molar refractivity (Wildman–Crippen MR) is 98.2 cm³/mol. The molecule has 0 unspecified atom stereocenters. The van der Waals surface area contributed by atoms with Crippen LogP contribution in [0.4, 0.5) is 19.0 Å². The molecule has 2 aliphatic rings. The van der Waals surface area contributed by atoms with Gasteiger partial charge in [0.15, 0.2) is 11.6 Å². The van der Waals surface area contributed by atoms with Gasteiger partial charge in [0.1, 0.15) is 12.1 Å². The lowest BCUT2D eigenvalue weighted by Crippen LogP contribution is -2.66. The Kier molecular flexibility index (Phi) is 4.81. The van der Waals surface area contributed by atoms with Gasteiger partial charge in [0, 0.05) is 48.1 Å². The maximum Gasteiger partial charge on any atom is 0.252 e. The molecule has 4 rings (SSSR count). The summed E-state index contributed by atoms with van der Waals surface area (Å²) in [5.41, 5.74) is 0.719. The first-order valence-corrected chi connectivity index (χ1v) is 9.43. The fraction of sp³-hybridized carbons (Fsp3) is 0.529. The van der Waals surface area contributed by atoms with Crippen LogP contribution in [0.15, 0.2) is 18.5 Å². The molecule has 1 aromatic heterocycles. The van der Waals surface area contributed by atoms with Crippen LogP contribution in [0.3, 0.4) is 0 Å². The van der Waals surface area contributed by atoms with Crippen molar-refractivity contribution in [1.29, 1.82) is 0 Å². The van der Waals surface area contributed by atoms with Gasteiger partial charge in [-0.25, -0.2) is 27.4 Å². The van der Waals surface area contributed by atoms with Crippen molar-refractivity contribution >= 4 is 28.9 Å². The van der Waals surface area contributed by atoms with E-state index in [1.165, 1.54) is 19.5 Å². The minimum Gasteiger partial charge on any atom is -0.494 e. The lowest BCUT2D eigenvalue weighted by molar-refractivity contribution is -0.000194. The van der Waals surface area contributed by atoms with E-state index in [2.05, 4.69) is 14.9 Å². The molecule has 2 fully saturated rings. The summed E-state index contributed by atoms with van der Waals surface area (Å²) < 4.78 is 45.9. The molecule has 6 nitrogen and oxygen atoms in total. The van der Waals surface area contributed by atoms with Crippen LogP contribution in [-0.2, 0) is 0 Å². The average molecular weight is 399 g/mol. The molecule has 27 heavy (non-hydrogen) atoms. The van der Waals surface area contributed by atoms with E-state index in [-0.39, 0.29) is 23.8 Å². The first-order valence-electron chi connectivity index (χ1n) is 8.59. The van der Waals surface area contributed by atoms with Gasteiger partial charge in [0.05, 0.1) is 19.2 Å². The van der Waals surface area contributed by atoms with Crippen molar-refractivity contribution in [1.82, 2.24) is 14.3 Å². The number of hydrogen-bond donors (Lipinski definition) is 1. The molecule has 146 valence electrons. The number of ether oxygens (including phenoxy) is 1. The molecular weight excluding hydrogens is 379 g/mol. The monoisotopic (exact) mass is 399 g/mol. The van der Waals surface area contributed by atoms with E-state index >= 15 is 0 Å². The molecule has 1 spiro atoms. The van der Waals surface area contributed by atoms with Gasteiger partial charge in [-0.15, -0.1) is 0 Å². The third-order valence-electron chi connectivity index (χ3n) is 5.44. The maximum atomic E-state index is 14.1. The Morgan fingerprint density at radius 1 is 1.37 bits per heavy atom. The molecule has 1 saturated carbocycles. The highest BCUT2D eigenvalue weighted by Gasteiger charge is 2.54. The molecule has 1 aromatic carbocycles. The van der Waals surface area contributed by atoms with Gasteiger partial charge in [-0.05, 0) is 18.9 Å². The summed E-state index contributed by atoms with van der Waals surface area (Å²) in [5, 5.41) is 6.17. The van der Waals surface area contributed by atoms with Gasteiger partial charge < -0.3 is 9.64 Å². The van der Waals surface area contributed by atoms with E-state index in [0.717, 1.165) is 38.1 Å². The van der Waals surface area contributed by atoms with Gasteiger partial charge in [0.2, 0.25) is 0 Å². The Balaban J connectivity index is 1.46. The molecule has 0 bridgehead atoms. The fourth-order valence-corrected chi connectivity index (χ4v) is 4.70. The number of nitrogens with zero attached hydrogens (tertiary/aromatic N) is 4. The number of rotatable bonds is 6.